The van der Waals surface area contributed by atoms with E-state index in [1.807, 2.05) is 36.2 Å². The smallest absolute Gasteiger partial charge is 0.219 e. The molecular weight excluding hydrogens is 478 g/mol. The summed E-state index contributed by atoms with van der Waals surface area (Å²) in [5, 5.41) is 4.07. The molecule has 0 fully saturated rings. The lowest BCUT2D eigenvalue weighted by atomic mass is 10.1. The van der Waals surface area contributed by atoms with Crippen molar-refractivity contribution in [2.24, 2.45) is 10.7 Å². The van der Waals surface area contributed by atoms with E-state index in [9.17, 15) is 0 Å². The van der Waals surface area contributed by atoms with Crippen LogP contribution in [0.1, 0.15) is 21.3 Å². The van der Waals surface area contributed by atoms with Crippen LogP contribution >= 0.6 is 22.7 Å². The Kier molecular flexibility index (Phi) is 5.46. The van der Waals surface area contributed by atoms with E-state index >= 15 is 0 Å². The Morgan fingerprint density at radius 1 is 1.00 bits per heavy atom. The Bertz CT molecular complexity index is 1540. The van der Waals surface area contributed by atoms with Crippen LogP contribution in [0.2, 0.25) is 0 Å². The number of aliphatic imine (C=N–C) groups is 1. The van der Waals surface area contributed by atoms with E-state index in [2.05, 4.69) is 62.6 Å². The fourth-order valence-corrected chi connectivity index (χ4v) is 6.34. The molecule has 1 aliphatic rings. The second-order valence-electron chi connectivity index (χ2n) is 8.30. The van der Waals surface area contributed by atoms with E-state index in [0.29, 0.717) is 36.5 Å². The van der Waals surface area contributed by atoms with Gasteiger partial charge in [-0.25, -0.2) is 20.0 Å². The van der Waals surface area contributed by atoms with Gasteiger partial charge in [-0.2, -0.15) is 4.98 Å². The number of aromatic nitrogens is 3. The average Bonchev–Trinajstić information content (AvgIpc) is 3.53. The summed E-state index contributed by atoms with van der Waals surface area (Å²) < 4.78 is 8.43. The molecule has 8 nitrogen and oxygen atoms in total. The summed E-state index contributed by atoms with van der Waals surface area (Å²) in [5.74, 6) is 2.11. The van der Waals surface area contributed by atoms with E-state index in [4.69, 9.17) is 10.5 Å². The molecule has 0 saturated carbocycles. The molecule has 0 amide bonds. The molecule has 0 radical (unpaired) electrons. The van der Waals surface area contributed by atoms with Gasteiger partial charge in [-0.3, -0.25) is 5.43 Å². The lowest BCUT2D eigenvalue weighted by Gasteiger charge is -2.24. The Morgan fingerprint density at radius 3 is 2.63 bits per heavy atom. The Hall–Kier alpha value is -3.76. The number of nitrogens with zero attached hydrogens (tertiary/aromatic N) is 5. The van der Waals surface area contributed by atoms with Crippen LogP contribution in [0, 0.1) is 13.8 Å². The van der Waals surface area contributed by atoms with Crippen LogP contribution in [0.3, 0.4) is 0 Å². The number of hydrogen-bond acceptors (Lipinski definition) is 10. The number of thiophene rings is 1. The average molecular weight is 502 g/mol. The number of hydrazine groups is 1. The van der Waals surface area contributed by atoms with Gasteiger partial charge in [-0.1, -0.05) is 30.3 Å². The minimum absolute atomic E-state index is 0.229. The Morgan fingerprint density at radius 2 is 1.80 bits per heavy atom. The molecule has 1 unspecified atom stereocenters. The van der Waals surface area contributed by atoms with E-state index in [1.54, 1.807) is 22.7 Å². The summed E-state index contributed by atoms with van der Waals surface area (Å²) in [5.41, 5.74) is 11.5. The topological polar surface area (TPSA) is 102 Å². The fourth-order valence-electron chi connectivity index (χ4n) is 4.22. The zero-order chi connectivity index (χ0) is 23.9. The third-order valence-corrected chi connectivity index (χ3v) is 8.17. The first-order valence-electron chi connectivity index (χ1n) is 11.2. The van der Waals surface area contributed by atoms with Crippen LogP contribution in [0.25, 0.3) is 20.3 Å². The molecular formula is C25H23N7OS2. The normalized spacial score (nSPS) is 15.5. The Labute approximate surface area is 210 Å². The zero-order valence-electron chi connectivity index (χ0n) is 19.2. The number of thiazole rings is 1. The molecule has 35 heavy (non-hydrogen) atoms. The summed E-state index contributed by atoms with van der Waals surface area (Å²) in [6.45, 7) is 4.35. The minimum Gasteiger partial charge on any atom is -0.470 e. The van der Waals surface area contributed by atoms with Crippen LogP contribution in [-0.4, -0.2) is 27.1 Å². The summed E-state index contributed by atoms with van der Waals surface area (Å²) in [6, 6.07) is 18.3. The van der Waals surface area contributed by atoms with Crippen molar-refractivity contribution >= 4 is 54.8 Å². The van der Waals surface area contributed by atoms with E-state index < -0.39 is 0 Å². The first-order valence-corrected chi connectivity index (χ1v) is 12.9. The van der Waals surface area contributed by atoms with Gasteiger partial charge in [-0.15, -0.1) is 22.7 Å². The molecule has 0 spiro atoms. The SMILES string of the molecule is Cc1nc(OCc2nc3ccccc3s2)cc(N2NC(N)=NC2Cc2sc3ccccc3c2C)n1. The first-order chi connectivity index (χ1) is 17.0. The number of hydrogen-bond donors (Lipinski definition) is 2. The van der Waals surface area contributed by atoms with Crippen molar-refractivity contribution in [2.75, 3.05) is 5.01 Å². The summed E-state index contributed by atoms with van der Waals surface area (Å²) in [4.78, 5) is 19.7. The predicted molar refractivity (Wildman–Crippen MR) is 142 cm³/mol. The highest BCUT2D eigenvalue weighted by Crippen LogP contribution is 2.33. The van der Waals surface area contributed by atoms with Crippen molar-refractivity contribution in [3.8, 4) is 5.88 Å². The molecule has 4 heterocycles. The molecule has 0 aliphatic carbocycles. The number of ether oxygens (including phenoxy) is 1. The van der Waals surface area contributed by atoms with Crippen LogP contribution in [0.4, 0.5) is 5.82 Å². The van der Waals surface area contributed by atoms with E-state index in [0.717, 1.165) is 15.2 Å². The first kappa shape index (κ1) is 21.8. The molecule has 1 atom stereocenters. The summed E-state index contributed by atoms with van der Waals surface area (Å²) >= 11 is 3.41. The maximum atomic E-state index is 6.09. The van der Waals surface area contributed by atoms with Gasteiger partial charge in [-0.05, 0) is 43.0 Å². The second-order valence-corrected chi connectivity index (χ2v) is 10.6. The molecule has 0 bridgehead atoms. The molecule has 6 rings (SSSR count). The third-order valence-electron chi connectivity index (χ3n) is 5.86. The number of nitrogens with one attached hydrogen (secondary N) is 1. The van der Waals surface area contributed by atoms with Crippen molar-refractivity contribution in [3.63, 3.8) is 0 Å². The van der Waals surface area contributed by atoms with Crippen LogP contribution in [-0.2, 0) is 13.0 Å². The van der Waals surface area contributed by atoms with Crippen LogP contribution in [0.5, 0.6) is 5.88 Å². The van der Waals surface area contributed by atoms with E-state index in [1.165, 1.54) is 20.5 Å². The molecule has 3 aromatic heterocycles. The van der Waals surface area contributed by atoms with Crippen molar-refractivity contribution in [3.05, 3.63) is 75.9 Å². The molecule has 5 aromatic rings. The van der Waals surface area contributed by atoms with Crippen molar-refractivity contribution in [2.45, 2.75) is 33.0 Å². The van der Waals surface area contributed by atoms with Crippen molar-refractivity contribution < 1.29 is 4.74 Å². The van der Waals surface area contributed by atoms with Gasteiger partial charge in [0.1, 0.15) is 23.6 Å². The predicted octanol–water partition coefficient (Wildman–Crippen LogP) is 4.70. The van der Waals surface area contributed by atoms with E-state index in [-0.39, 0.29) is 6.17 Å². The standard InChI is InChI=1S/C25H23N7OS2/c1-14-16-7-3-5-9-18(16)34-20(14)11-21-30-25(26)31-32(21)22-12-23(28-15(2)27-22)33-13-24-29-17-8-4-6-10-19(17)35-24/h3-10,12,21H,11,13H2,1-2H3,(H3,26,30,31). The van der Waals surface area contributed by atoms with Gasteiger partial charge in [0, 0.05) is 22.1 Å². The monoisotopic (exact) mass is 501 g/mol. The molecule has 3 N–H and O–H groups in total. The number of anilines is 1. The number of nitrogens with two attached hydrogens (primary N) is 1. The number of aryl methyl sites for hydroxylation is 2. The maximum absolute atomic E-state index is 6.09. The Balaban J connectivity index is 1.24. The van der Waals surface area contributed by atoms with Gasteiger partial charge in [0.05, 0.1) is 10.2 Å². The van der Waals surface area contributed by atoms with Gasteiger partial charge in [0.15, 0.2) is 5.82 Å². The minimum atomic E-state index is -0.229. The highest BCUT2D eigenvalue weighted by Gasteiger charge is 2.29. The lowest BCUT2D eigenvalue weighted by molar-refractivity contribution is 0.292. The highest BCUT2D eigenvalue weighted by atomic mass is 32.1. The van der Waals surface area contributed by atoms with Crippen LogP contribution in [0.15, 0.2) is 59.6 Å². The van der Waals surface area contributed by atoms with Crippen LogP contribution < -0.4 is 20.9 Å². The van der Waals surface area contributed by atoms with Gasteiger partial charge in [0.25, 0.3) is 0 Å². The van der Waals surface area contributed by atoms with Crippen molar-refractivity contribution in [1.29, 1.82) is 0 Å². The molecule has 1 aliphatic heterocycles. The zero-order valence-corrected chi connectivity index (χ0v) is 20.9. The summed E-state index contributed by atoms with van der Waals surface area (Å²) in [6.07, 6.45) is 0.484. The third kappa shape index (κ3) is 4.26. The fraction of sp³-hybridized carbons (Fsp3) is 0.200. The lowest BCUT2D eigenvalue weighted by Crippen LogP contribution is -2.44. The maximum Gasteiger partial charge on any atom is 0.219 e. The summed E-state index contributed by atoms with van der Waals surface area (Å²) in [7, 11) is 0. The van der Waals surface area contributed by atoms with Gasteiger partial charge >= 0.3 is 0 Å². The largest absolute Gasteiger partial charge is 0.470 e. The highest BCUT2D eigenvalue weighted by molar-refractivity contribution is 7.19. The molecule has 0 saturated heterocycles. The molecule has 2 aromatic carbocycles. The number of benzene rings is 2. The number of para-hydroxylation sites is 1. The number of guanidine groups is 1. The quantitative estimate of drug-likeness (QED) is 0.348. The van der Waals surface area contributed by atoms with Crippen molar-refractivity contribution in [1.82, 2.24) is 20.4 Å². The molecule has 176 valence electrons. The van der Waals surface area contributed by atoms with Gasteiger partial charge < -0.3 is 10.5 Å². The number of fused-ring (bicyclic) bond motifs is 2. The van der Waals surface area contributed by atoms with Gasteiger partial charge in [0.2, 0.25) is 11.8 Å². The molecule has 10 heteroatoms. The second kappa shape index (κ2) is 8.79. The number of rotatable bonds is 6.